The second-order valence-corrected chi connectivity index (χ2v) is 5.78. The average molecular weight is 335 g/mol. The van der Waals surface area contributed by atoms with Crippen molar-refractivity contribution in [2.75, 3.05) is 11.4 Å². The summed E-state index contributed by atoms with van der Waals surface area (Å²) in [4.78, 5) is 25.6. The van der Waals surface area contributed by atoms with E-state index in [0.29, 0.717) is 11.3 Å². The van der Waals surface area contributed by atoms with E-state index in [0.717, 1.165) is 5.56 Å². The summed E-state index contributed by atoms with van der Waals surface area (Å²) in [6, 6.07) is 18.5. The number of hydrogen-bond donors (Lipinski definition) is 1. The molecule has 2 aromatic rings. The highest BCUT2D eigenvalue weighted by Gasteiger charge is 2.15. The van der Waals surface area contributed by atoms with Crippen LogP contribution < -0.4 is 10.2 Å². The molecule has 2 aromatic carbocycles. The Morgan fingerprint density at radius 1 is 1.16 bits per heavy atom. The number of anilines is 1. The first-order valence-electron chi connectivity index (χ1n) is 8.14. The maximum absolute atomic E-state index is 12.2. The van der Waals surface area contributed by atoms with E-state index in [9.17, 15) is 9.59 Å². The molecule has 2 amide bonds. The molecule has 0 spiro atoms. The van der Waals surface area contributed by atoms with Crippen molar-refractivity contribution < 1.29 is 9.59 Å². The van der Waals surface area contributed by atoms with E-state index >= 15 is 0 Å². The van der Waals surface area contributed by atoms with E-state index in [4.69, 9.17) is 5.26 Å². The molecule has 25 heavy (non-hydrogen) atoms. The Labute approximate surface area is 147 Å². The molecule has 0 fully saturated rings. The van der Waals surface area contributed by atoms with Gasteiger partial charge in [0.25, 0.3) is 0 Å². The highest BCUT2D eigenvalue weighted by molar-refractivity contribution is 5.92. The van der Waals surface area contributed by atoms with Crippen molar-refractivity contribution in [1.29, 1.82) is 5.26 Å². The smallest absolute Gasteiger partial charge is 0.223 e. The zero-order chi connectivity index (χ0) is 18.2. The van der Waals surface area contributed by atoms with E-state index in [-0.39, 0.29) is 30.8 Å². The highest BCUT2D eigenvalue weighted by Crippen LogP contribution is 2.17. The van der Waals surface area contributed by atoms with Crippen LogP contribution in [0.2, 0.25) is 0 Å². The molecule has 1 atom stereocenters. The summed E-state index contributed by atoms with van der Waals surface area (Å²) in [5.74, 6) is -0.293. The topological polar surface area (TPSA) is 73.2 Å². The minimum atomic E-state index is -0.168. The Bertz CT molecular complexity index is 781. The van der Waals surface area contributed by atoms with Crippen LogP contribution >= 0.6 is 0 Å². The van der Waals surface area contributed by atoms with Crippen molar-refractivity contribution >= 4 is 17.5 Å². The minimum Gasteiger partial charge on any atom is -0.350 e. The molecule has 0 radical (unpaired) electrons. The van der Waals surface area contributed by atoms with E-state index in [1.807, 2.05) is 37.3 Å². The van der Waals surface area contributed by atoms with Gasteiger partial charge in [-0.2, -0.15) is 5.26 Å². The first-order valence-corrected chi connectivity index (χ1v) is 8.14. The lowest BCUT2D eigenvalue weighted by Crippen LogP contribution is -2.34. The number of nitriles is 1. The van der Waals surface area contributed by atoms with Crippen molar-refractivity contribution in [2.24, 2.45) is 0 Å². The van der Waals surface area contributed by atoms with Crippen LogP contribution in [0.5, 0.6) is 0 Å². The Kier molecular flexibility index (Phi) is 6.30. The Morgan fingerprint density at radius 2 is 1.88 bits per heavy atom. The van der Waals surface area contributed by atoms with Gasteiger partial charge in [0.2, 0.25) is 11.8 Å². The van der Waals surface area contributed by atoms with Crippen molar-refractivity contribution in [1.82, 2.24) is 5.32 Å². The SMILES string of the molecule is CC(=O)N(CCC(=O)NC(C)c1ccccc1)c1cccc(C#N)c1. The molecule has 0 saturated carbocycles. The molecule has 5 nitrogen and oxygen atoms in total. The van der Waals surface area contributed by atoms with E-state index in [1.54, 1.807) is 24.3 Å². The second kappa shape index (κ2) is 8.65. The van der Waals surface area contributed by atoms with Gasteiger partial charge in [-0.3, -0.25) is 9.59 Å². The first kappa shape index (κ1) is 18.2. The van der Waals surface area contributed by atoms with Crippen LogP contribution in [0.1, 0.15) is 37.4 Å². The fraction of sp³-hybridized carbons (Fsp3) is 0.250. The van der Waals surface area contributed by atoms with Gasteiger partial charge in [0, 0.05) is 25.6 Å². The van der Waals surface area contributed by atoms with Gasteiger partial charge in [0.15, 0.2) is 0 Å². The van der Waals surface area contributed by atoms with Gasteiger partial charge in [-0.05, 0) is 30.7 Å². The van der Waals surface area contributed by atoms with E-state index in [1.165, 1.54) is 11.8 Å². The Balaban J connectivity index is 1.98. The normalized spacial score (nSPS) is 11.2. The van der Waals surface area contributed by atoms with Crippen LogP contribution in [-0.2, 0) is 9.59 Å². The van der Waals surface area contributed by atoms with E-state index in [2.05, 4.69) is 11.4 Å². The predicted molar refractivity (Wildman–Crippen MR) is 96.8 cm³/mol. The van der Waals surface area contributed by atoms with Crippen LogP contribution in [-0.4, -0.2) is 18.4 Å². The van der Waals surface area contributed by atoms with Crippen LogP contribution in [0.4, 0.5) is 5.69 Å². The molecule has 0 saturated heterocycles. The van der Waals surface area contributed by atoms with Gasteiger partial charge >= 0.3 is 0 Å². The molecule has 0 heterocycles. The largest absolute Gasteiger partial charge is 0.350 e. The zero-order valence-corrected chi connectivity index (χ0v) is 14.4. The van der Waals surface area contributed by atoms with Gasteiger partial charge in [0.05, 0.1) is 17.7 Å². The summed E-state index contributed by atoms with van der Waals surface area (Å²) < 4.78 is 0. The summed E-state index contributed by atoms with van der Waals surface area (Å²) in [5, 5.41) is 11.9. The van der Waals surface area contributed by atoms with Crippen molar-refractivity contribution in [3.8, 4) is 6.07 Å². The molecule has 0 aliphatic rings. The van der Waals surface area contributed by atoms with Crippen LogP contribution in [0.3, 0.4) is 0 Å². The number of carbonyl (C=O) groups is 2. The third-order valence-corrected chi connectivity index (χ3v) is 3.91. The van der Waals surface area contributed by atoms with Crippen molar-refractivity contribution in [3.63, 3.8) is 0 Å². The molecule has 2 rings (SSSR count). The van der Waals surface area contributed by atoms with Crippen molar-refractivity contribution in [3.05, 3.63) is 65.7 Å². The van der Waals surface area contributed by atoms with Gasteiger partial charge < -0.3 is 10.2 Å². The molecule has 0 aliphatic heterocycles. The lowest BCUT2D eigenvalue weighted by atomic mass is 10.1. The molecule has 1 N–H and O–H groups in total. The average Bonchev–Trinajstić information content (AvgIpc) is 2.62. The maximum atomic E-state index is 12.2. The molecular formula is C20H21N3O2. The lowest BCUT2D eigenvalue weighted by Gasteiger charge is -2.22. The van der Waals surface area contributed by atoms with Gasteiger partial charge in [-0.25, -0.2) is 0 Å². The number of hydrogen-bond acceptors (Lipinski definition) is 3. The van der Waals surface area contributed by atoms with Gasteiger partial charge in [0.1, 0.15) is 0 Å². The predicted octanol–water partition coefficient (Wildman–Crippen LogP) is 3.18. The number of nitrogens with one attached hydrogen (secondary N) is 1. The summed E-state index contributed by atoms with van der Waals surface area (Å²) in [7, 11) is 0. The standard InChI is InChI=1S/C20H21N3O2/c1-15(18-8-4-3-5-9-18)22-20(25)11-12-23(16(2)24)19-10-6-7-17(13-19)14-21/h3-10,13,15H,11-12H2,1-2H3,(H,22,25). The summed E-state index contributed by atoms with van der Waals surface area (Å²) in [6.07, 6.45) is 0.188. The van der Waals surface area contributed by atoms with Crippen molar-refractivity contribution in [2.45, 2.75) is 26.3 Å². The van der Waals surface area contributed by atoms with Gasteiger partial charge in [-0.15, -0.1) is 0 Å². The lowest BCUT2D eigenvalue weighted by molar-refractivity contribution is -0.121. The Morgan fingerprint density at radius 3 is 2.52 bits per heavy atom. The van der Waals surface area contributed by atoms with Crippen LogP contribution in [0, 0.1) is 11.3 Å². The molecule has 0 aliphatic carbocycles. The minimum absolute atomic E-state index is 0.0959. The number of nitrogens with zero attached hydrogens (tertiary/aromatic N) is 2. The number of carbonyl (C=O) groups excluding carboxylic acids is 2. The fourth-order valence-corrected chi connectivity index (χ4v) is 2.56. The third-order valence-electron chi connectivity index (χ3n) is 3.91. The summed E-state index contributed by atoms with van der Waals surface area (Å²) in [5.41, 5.74) is 2.13. The molecular weight excluding hydrogens is 314 g/mol. The maximum Gasteiger partial charge on any atom is 0.223 e. The number of benzene rings is 2. The summed E-state index contributed by atoms with van der Waals surface area (Å²) in [6.45, 7) is 3.63. The first-order chi connectivity index (χ1) is 12.0. The fourth-order valence-electron chi connectivity index (χ4n) is 2.56. The van der Waals surface area contributed by atoms with Crippen LogP contribution in [0.25, 0.3) is 0 Å². The molecule has 0 aromatic heterocycles. The zero-order valence-electron chi connectivity index (χ0n) is 14.4. The third kappa shape index (κ3) is 5.18. The quantitative estimate of drug-likeness (QED) is 0.881. The molecule has 5 heteroatoms. The monoisotopic (exact) mass is 335 g/mol. The van der Waals surface area contributed by atoms with Crippen LogP contribution in [0.15, 0.2) is 54.6 Å². The highest BCUT2D eigenvalue weighted by atomic mass is 16.2. The summed E-state index contributed by atoms with van der Waals surface area (Å²) >= 11 is 0. The molecule has 1 unspecified atom stereocenters. The number of rotatable bonds is 6. The number of amides is 2. The molecule has 128 valence electrons. The van der Waals surface area contributed by atoms with Gasteiger partial charge in [-0.1, -0.05) is 36.4 Å². The Hall–Kier alpha value is -3.13. The van der Waals surface area contributed by atoms with E-state index < -0.39 is 0 Å². The molecule has 0 bridgehead atoms. The second-order valence-electron chi connectivity index (χ2n) is 5.78.